The molecule has 1 aliphatic carbocycles. The SMILES string of the molecule is CN(C)C1(c2ccccc2)CCC2(CC1)CC(=O)N(CCC(C)(C)C(=O)NCC(C)(C)O)C2. The van der Waals surface area contributed by atoms with E-state index in [9.17, 15) is 14.7 Å². The van der Waals surface area contributed by atoms with Crippen molar-refractivity contribution >= 4 is 11.8 Å². The fourth-order valence-electron chi connectivity index (χ4n) is 5.52. The predicted molar refractivity (Wildman–Crippen MR) is 132 cm³/mol. The van der Waals surface area contributed by atoms with Gasteiger partial charge >= 0.3 is 0 Å². The Hall–Kier alpha value is -1.92. The van der Waals surface area contributed by atoms with E-state index < -0.39 is 11.0 Å². The van der Waals surface area contributed by atoms with E-state index in [1.807, 2.05) is 18.7 Å². The Balaban J connectivity index is 1.60. The van der Waals surface area contributed by atoms with Crippen LogP contribution in [0.1, 0.15) is 71.8 Å². The molecule has 1 heterocycles. The maximum atomic E-state index is 12.9. The average Bonchev–Trinajstić information content (AvgIpc) is 3.06. The summed E-state index contributed by atoms with van der Waals surface area (Å²) in [5.41, 5.74) is -0.0838. The molecule has 0 aromatic heterocycles. The first-order valence-electron chi connectivity index (χ1n) is 12.3. The van der Waals surface area contributed by atoms with Gasteiger partial charge in [-0.05, 0) is 71.0 Å². The monoisotopic (exact) mass is 457 g/mol. The van der Waals surface area contributed by atoms with E-state index in [0.717, 1.165) is 32.2 Å². The van der Waals surface area contributed by atoms with E-state index in [-0.39, 0.29) is 29.3 Å². The first-order chi connectivity index (χ1) is 15.3. The number of benzene rings is 1. The van der Waals surface area contributed by atoms with Crippen molar-refractivity contribution in [2.45, 2.75) is 77.4 Å². The topological polar surface area (TPSA) is 72.9 Å². The van der Waals surface area contributed by atoms with Gasteiger partial charge in [0.2, 0.25) is 11.8 Å². The summed E-state index contributed by atoms with van der Waals surface area (Å²) in [5, 5.41) is 12.7. The summed E-state index contributed by atoms with van der Waals surface area (Å²) >= 11 is 0. The molecular weight excluding hydrogens is 414 g/mol. The number of rotatable bonds is 8. The third kappa shape index (κ3) is 5.78. The highest BCUT2D eigenvalue weighted by atomic mass is 16.3. The molecule has 2 fully saturated rings. The van der Waals surface area contributed by atoms with Gasteiger partial charge < -0.3 is 15.3 Å². The Morgan fingerprint density at radius 3 is 2.24 bits per heavy atom. The predicted octanol–water partition coefficient (Wildman–Crippen LogP) is 3.54. The van der Waals surface area contributed by atoms with Gasteiger partial charge in [-0.2, -0.15) is 0 Å². The summed E-state index contributed by atoms with van der Waals surface area (Å²) < 4.78 is 0. The van der Waals surface area contributed by atoms with Crippen molar-refractivity contribution in [3.8, 4) is 0 Å². The molecule has 6 heteroatoms. The molecule has 2 aliphatic rings. The lowest BCUT2D eigenvalue weighted by atomic mass is 9.64. The van der Waals surface area contributed by atoms with E-state index in [1.165, 1.54) is 5.56 Å². The van der Waals surface area contributed by atoms with Crippen molar-refractivity contribution in [1.29, 1.82) is 0 Å². The third-order valence-electron chi connectivity index (χ3n) is 8.01. The fraction of sp³-hybridized carbons (Fsp3) is 0.704. The molecule has 2 amide bonds. The molecule has 3 rings (SSSR count). The van der Waals surface area contributed by atoms with Crippen LogP contribution in [0.2, 0.25) is 0 Å². The zero-order valence-corrected chi connectivity index (χ0v) is 21.4. The minimum absolute atomic E-state index is 0.0313. The van der Waals surface area contributed by atoms with Gasteiger partial charge in [0, 0.05) is 37.0 Å². The number of carbonyl (C=O) groups is 2. The molecule has 2 N–H and O–H groups in total. The molecule has 1 aliphatic heterocycles. The van der Waals surface area contributed by atoms with E-state index >= 15 is 0 Å². The number of nitrogens with zero attached hydrogens (tertiary/aromatic N) is 2. The molecule has 0 radical (unpaired) electrons. The van der Waals surface area contributed by atoms with Gasteiger partial charge in [-0.25, -0.2) is 0 Å². The summed E-state index contributed by atoms with van der Waals surface area (Å²) in [6.07, 6.45) is 5.41. The van der Waals surface area contributed by atoms with Gasteiger partial charge in [0.25, 0.3) is 0 Å². The third-order valence-corrected chi connectivity index (χ3v) is 8.01. The molecule has 1 aromatic carbocycles. The van der Waals surface area contributed by atoms with Crippen LogP contribution in [0.4, 0.5) is 0 Å². The summed E-state index contributed by atoms with van der Waals surface area (Å²) in [7, 11) is 4.34. The van der Waals surface area contributed by atoms with Gasteiger partial charge in [-0.3, -0.25) is 14.5 Å². The first-order valence-corrected chi connectivity index (χ1v) is 12.3. The van der Waals surface area contributed by atoms with Crippen molar-refractivity contribution in [3.05, 3.63) is 35.9 Å². The molecule has 1 aromatic rings. The zero-order valence-electron chi connectivity index (χ0n) is 21.4. The van der Waals surface area contributed by atoms with Crippen LogP contribution < -0.4 is 5.32 Å². The Kier molecular flexibility index (Phi) is 7.30. The minimum Gasteiger partial charge on any atom is -0.389 e. The molecule has 0 atom stereocenters. The Morgan fingerprint density at radius 2 is 1.70 bits per heavy atom. The zero-order chi connectivity index (χ0) is 24.5. The molecule has 1 saturated carbocycles. The number of hydrogen-bond acceptors (Lipinski definition) is 4. The van der Waals surface area contributed by atoms with Crippen LogP contribution in [0.3, 0.4) is 0 Å². The van der Waals surface area contributed by atoms with Crippen LogP contribution in [0.15, 0.2) is 30.3 Å². The molecular formula is C27H43N3O3. The quantitative estimate of drug-likeness (QED) is 0.626. The highest BCUT2D eigenvalue weighted by Gasteiger charge is 2.50. The summed E-state index contributed by atoms with van der Waals surface area (Å²) in [4.78, 5) is 29.9. The van der Waals surface area contributed by atoms with Crippen molar-refractivity contribution in [3.63, 3.8) is 0 Å². The molecule has 1 saturated heterocycles. The van der Waals surface area contributed by atoms with Crippen molar-refractivity contribution < 1.29 is 14.7 Å². The lowest BCUT2D eigenvalue weighted by molar-refractivity contribution is -0.133. The van der Waals surface area contributed by atoms with Crippen molar-refractivity contribution in [2.24, 2.45) is 10.8 Å². The van der Waals surface area contributed by atoms with Crippen molar-refractivity contribution in [1.82, 2.24) is 15.1 Å². The second-order valence-electron chi connectivity index (χ2n) is 11.9. The number of hydrogen-bond donors (Lipinski definition) is 2. The maximum absolute atomic E-state index is 12.9. The normalized spacial score (nSPS) is 26.3. The lowest BCUT2D eigenvalue weighted by Crippen LogP contribution is -2.47. The van der Waals surface area contributed by atoms with Crippen LogP contribution in [0.5, 0.6) is 0 Å². The van der Waals surface area contributed by atoms with Crippen LogP contribution >= 0.6 is 0 Å². The average molecular weight is 458 g/mol. The summed E-state index contributed by atoms with van der Waals surface area (Å²) in [6, 6.07) is 10.8. The Bertz CT molecular complexity index is 834. The van der Waals surface area contributed by atoms with E-state index in [1.54, 1.807) is 13.8 Å². The molecule has 33 heavy (non-hydrogen) atoms. The lowest BCUT2D eigenvalue weighted by Gasteiger charge is -2.49. The highest BCUT2D eigenvalue weighted by Crippen LogP contribution is 2.52. The van der Waals surface area contributed by atoms with Gasteiger partial charge in [-0.15, -0.1) is 0 Å². The number of amides is 2. The first kappa shape index (κ1) is 25.7. The highest BCUT2D eigenvalue weighted by molar-refractivity contribution is 5.82. The van der Waals surface area contributed by atoms with Gasteiger partial charge in [0.1, 0.15) is 0 Å². The molecule has 6 nitrogen and oxygen atoms in total. The van der Waals surface area contributed by atoms with Crippen LogP contribution in [0.25, 0.3) is 0 Å². The molecule has 1 spiro atoms. The van der Waals surface area contributed by atoms with Gasteiger partial charge in [0.15, 0.2) is 0 Å². The Morgan fingerprint density at radius 1 is 1.09 bits per heavy atom. The minimum atomic E-state index is -0.939. The van der Waals surface area contributed by atoms with Crippen molar-refractivity contribution in [2.75, 3.05) is 33.7 Å². The molecule has 184 valence electrons. The second kappa shape index (κ2) is 9.38. The van der Waals surface area contributed by atoms with Gasteiger partial charge in [0.05, 0.1) is 5.60 Å². The Labute approximate surface area is 199 Å². The van der Waals surface area contributed by atoms with E-state index in [2.05, 4.69) is 54.6 Å². The fourth-order valence-corrected chi connectivity index (χ4v) is 5.52. The number of aliphatic hydroxyl groups is 1. The van der Waals surface area contributed by atoms with E-state index in [0.29, 0.717) is 19.4 Å². The smallest absolute Gasteiger partial charge is 0.225 e. The molecule has 0 unspecified atom stereocenters. The van der Waals surface area contributed by atoms with Crippen LogP contribution in [0, 0.1) is 10.8 Å². The number of likely N-dealkylation sites (tertiary alicyclic amines) is 1. The molecule has 0 bridgehead atoms. The summed E-state index contributed by atoms with van der Waals surface area (Å²) in [5.74, 6) is 0.141. The largest absolute Gasteiger partial charge is 0.389 e. The van der Waals surface area contributed by atoms with Crippen LogP contribution in [-0.2, 0) is 15.1 Å². The maximum Gasteiger partial charge on any atom is 0.225 e. The number of nitrogens with one attached hydrogen (secondary N) is 1. The summed E-state index contributed by atoms with van der Waals surface area (Å²) in [6.45, 7) is 8.79. The van der Waals surface area contributed by atoms with Crippen LogP contribution in [-0.4, -0.2) is 66.1 Å². The van der Waals surface area contributed by atoms with Gasteiger partial charge in [-0.1, -0.05) is 44.2 Å². The number of carbonyl (C=O) groups excluding carboxylic acids is 2. The second-order valence-corrected chi connectivity index (χ2v) is 11.9. The standard InChI is InChI=1S/C27H43N3O3/c1-24(2,23(32)28-19-25(3,4)33)16-17-30-20-26(18-22(30)31)12-14-27(15-13-26,29(5)6)21-10-8-7-9-11-21/h7-11,33H,12-20H2,1-6H3,(H,28,32). The van der Waals surface area contributed by atoms with E-state index in [4.69, 9.17) is 0 Å².